The Morgan fingerprint density at radius 2 is 1.53 bits per heavy atom. The zero-order valence-corrected chi connectivity index (χ0v) is 20.7. The molecule has 0 bridgehead atoms. The minimum atomic E-state index is 0.0686. The van der Waals surface area contributed by atoms with E-state index in [4.69, 9.17) is 0 Å². The van der Waals surface area contributed by atoms with Crippen molar-refractivity contribution in [3.63, 3.8) is 0 Å². The molecular weight excluding hydrogens is 448 g/mol. The molecule has 5 rings (SSSR count). The quantitative estimate of drug-likeness (QED) is 0.321. The van der Waals surface area contributed by atoms with Crippen LogP contribution in [0.4, 0.5) is 0 Å². The molecule has 5 aromatic rings. The monoisotopic (exact) mass is 478 g/mol. The Kier molecular flexibility index (Phi) is 6.89. The summed E-state index contributed by atoms with van der Waals surface area (Å²) in [5.41, 5.74) is 7.68. The van der Waals surface area contributed by atoms with Crippen molar-refractivity contribution >= 4 is 0 Å². The summed E-state index contributed by atoms with van der Waals surface area (Å²) in [6, 6.07) is 26.8. The van der Waals surface area contributed by atoms with Crippen LogP contribution < -0.4 is 5.69 Å². The third-order valence-corrected chi connectivity index (χ3v) is 6.70. The molecule has 0 aliphatic rings. The normalized spacial score (nSPS) is 11.2. The highest BCUT2D eigenvalue weighted by molar-refractivity contribution is 5.80. The second-order valence-electron chi connectivity index (χ2n) is 9.03. The zero-order valence-electron chi connectivity index (χ0n) is 20.7. The van der Waals surface area contributed by atoms with Gasteiger partial charge in [0.1, 0.15) is 0 Å². The van der Waals surface area contributed by atoms with Crippen LogP contribution in [0.3, 0.4) is 0 Å². The van der Waals surface area contributed by atoms with Crippen molar-refractivity contribution in [2.45, 2.75) is 46.2 Å². The summed E-state index contributed by atoms with van der Waals surface area (Å²) in [5.74, 6) is 0.637. The molecular formula is C29H30N6O. The Bertz CT molecular complexity index is 1480. The van der Waals surface area contributed by atoms with Gasteiger partial charge in [-0.1, -0.05) is 92.2 Å². The van der Waals surface area contributed by atoms with Crippen molar-refractivity contribution in [1.29, 1.82) is 0 Å². The Labute approximate surface area is 210 Å². The number of nitrogens with zero attached hydrogens (tertiary/aromatic N) is 5. The third kappa shape index (κ3) is 4.77. The molecule has 0 saturated carbocycles. The lowest BCUT2D eigenvalue weighted by Crippen LogP contribution is -2.26. The van der Waals surface area contributed by atoms with Gasteiger partial charge in [0.05, 0.1) is 6.54 Å². The zero-order chi connectivity index (χ0) is 24.9. The number of aromatic amines is 1. The Morgan fingerprint density at radius 3 is 2.22 bits per heavy atom. The average Bonchev–Trinajstić information content (AvgIpc) is 3.53. The molecule has 7 heteroatoms. The van der Waals surface area contributed by atoms with E-state index in [0.717, 1.165) is 52.9 Å². The number of aromatic nitrogens is 6. The number of hydrogen-bond donors (Lipinski definition) is 1. The lowest BCUT2D eigenvalue weighted by molar-refractivity contribution is 0.621. The molecule has 0 fully saturated rings. The summed E-state index contributed by atoms with van der Waals surface area (Å²) in [6.45, 7) is 5.48. The largest absolute Gasteiger partial charge is 0.328 e. The van der Waals surface area contributed by atoms with Crippen LogP contribution in [0.5, 0.6) is 0 Å². The van der Waals surface area contributed by atoms with E-state index in [1.165, 1.54) is 5.56 Å². The smallest absolute Gasteiger partial charge is 0.296 e. The summed E-state index contributed by atoms with van der Waals surface area (Å²) in [4.78, 5) is 13.5. The van der Waals surface area contributed by atoms with Gasteiger partial charge in [-0.3, -0.25) is 9.13 Å². The Balaban J connectivity index is 1.41. The van der Waals surface area contributed by atoms with Crippen LogP contribution in [0.15, 0.2) is 83.7 Å². The SMILES string of the molecule is CCCc1c(C)n(CCc2ccccc2)c(=O)n1Cc1ccc(-c2ccccc2-c2nnn[nH]2)cc1. The highest BCUT2D eigenvalue weighted by Crippen LogP contribution is 2.29. The molecule has 7 nitrogen and oxygen atoms in total. The van der Waals surface area contributed by atoms with Gasteiger partial charge in [-0.15, -0.1) is 5.10 Å². The number of imidazole rings is 1. The lowest BCUT2D eigenvalue weighted by Gasteiger charge is -2.10. The second kappa shape index (κ2) is 10.6. The van der Waals surface area contributed by atoms with Crippen LogP contribution in [-0.4, -0.2) is 29.8 Å². The minimum Gasteiger partial charge on any atom is -0.296 e. The van der Waals surface area contributed by atoms with Crippen molar-refractivity contribution in [3.05, 3.63) is 112 Å². The molecule has 0 radical (unpaired) electrons. The lowest BCUT2D eigenvalue weighted by atomic mass is 9.98. The fourth-order valence-corrected chi connectivity index (χ4v) is 4.81. The molecule has 0 saturated heterocycles. The first-order chi connectivity index (χ1) is 17.7. The van der Waals surface area contributed by atoms with Crippen LogP contribution in [0, 0.1) is 6.92 Å². The van der Waals surface area contributed by atoms with Crippen molar-refractivity contribution in [1.82, 2.24) is 29.8 Å². The van der Waals surface area contributed by atoms with Gasteiger partial charge in [-0.05, 0) is 52.4 Å². The van der Waals surface area contributed by atoms with Gasteiger partial charge in [-0.25, -0.2) is 9.89 Å². The molecule has 2 aromatic heterocycles. The number of H-pyrrole nitrogens is 1. The Hall–Kier alpha value is -4.26. The van der Waals surface area contributed by atoms with E-state index in [0.29, 0.717) is 18.9 Å². The number of aryl methyl sites for hydroxylation is 1. The van der Waals surface area contributed by atoms with Crippen LogP contribution >= 0.6 is 0 Å². The molecule has 0 spiro atoms. The summed E-state index contributed by atoms with van der Waals surface area (Å²) < 4.78 is 3.89. The van der Waals surface area contributed by atoms with E-state index in [2.05, 4.69) is 76.9 Å². The van der Waals surface area contributed by atoms with Crippen LogP contribution in [0.25, 0.3) is 22.5 Å². The molecule has 182 valence electrons. The predicted octanol–water partition coefficient (Wildman–Crippen LogP) is 5.05. The number of rotatable bonds is 9. The first kappa shape index (κ1) is 23.5. The predicted molar refractivity (Wildman–Crippen MR) is 142 cm³/mol. The van der Waals surface area contributed by atoms with E-state index in [1.807, 2.05) is 45.5 Å². The van der Waals surface area contributed by atoms with Gasteiger partial charge in [0.2, 0.25) is 0 Å². The summed E-state index contributed by atoms with van der Waals surface area (Å²) in [7, 11) is 0. The molecule has 3 aromatic carbocycles. The molecule has 1 N–H and O–H groups in total. The maximum atomic E-state index is 13.5. The molecule has 0 unspecified atom stereocenters. The van der Waals surface area contributed by atoms with Gasteiger partial charge in [-0.2, -0.15) is 0 Å². The van der Waals surface area contributed by atoms with Crippen molar-refractivity contribution in [2.24, 2.45) is 0 Å². The fourth-order valence-electron chi connectivity index (χ4n) is 4.81. The molecule has 36 heavy (non-hydrogen) atoms. The maximum absolute atomic E-state index is 13.5. The third-order valence-electron chi connectivity index (χ3n) is 6.70. The highest BCUT2D eigenvalue weighted by atomic mass is 16.1. The highest BCUT2D eigenvalue weighted by Gasteiger charge is 2.17. The maximum Gasteiger partial charge on any atom is 0.328 e. The standard InChI is InChI=1S/C29H30N6O/c1-3-9-27-21(2)34(19-18-22-10-5-4-6-11-22)29(36)35(27)20-23-14-16-24(17-15-23)25-12-7-8-13-26(25)28-30-32-33-31-28/h4-8,10-17H,3,9,18-20H2,1-2H3,(H,30,31,32,33). The van der Waals surface area contributed by atoms with Crippen molar-refractivity contribution in [3.8, 4) is 22.5 Å². The Morgan fingerprint density at radius 1 is 0.806 bits per heavy atom. The number of hydrogen-bond acceptors (Lipinski definition) is 4. The second-order valence-corrected chi connectivity index (χ2v) is 9.03. The summed E-state index contributed by atoms with van der Waals surface area (Å²) in [5, 5.41) is 14.3. The molecule has 0 aliphatic heterocycles. The van der Waals surface area contributed by atoms with Gasteiger partial charge < -0.3 is 0 Å². The van der Waals surface area contributed by atoms with E-state index in [1.54, 1.807) is 0 Å². The number of tetrazole rings is 1. The fraction of sp³-hybridized carbons (Fsp3) is 0.241. The average molecular weight is 479 g/mol. The molecule has 2 heterocycles. The van der Waals surface area contributed by atoms with Gasteiger partial charge >= 0.3 is 5.69 Å². The van der Waals surface area contributed by atoms with Crippen molar-refractivity contribution < 1.29 is 0 Å². The van der Waals surface area contributed by atoms with E-state index < -0.39 is 0 Å². The molecule has 0 atom stereocenters. The van der Waals surface area contributed by atoms with Crippen LogP contribution in [0.1, 0.15) is 35.9 Å². The van der Waals surface area contributed by atoms with E-state index in [-0.39, 0.29) is 5.69 Å². The first-order valence-corrected chi connectivity index (χ1v) is 12.4. The van der Waals surface area contributed by atoms with E-state index in [9.17, 15) is 4.79 Å². The topological polar surface area (TPSA) is 81.4 Å². The number of benzene rings is 3. The van der Waals surface area contributed by atoms with Crippen molar-refractivity contribution in [2.75, 3.05) is 0 Å². The van der Waals surface area contributed by atoms with Crippen LogP contribution in [0.2, 0.25) is 0 Å². The molecule has 0 amide bonds. The van der Waals surface area contributed by atoms with Gasteiger partial charge in [0.25, 0.3) is 0 Å². The summed E-state index contributed by atoms with van der Waals surface area (Å²) in [6.07, 6.45) is 2.72. The van der Waals surface area contributed by atoms with Crippen LogP contribution in [-0.2, 0) is 25.9 Å². The molecule has 0 aliphatic carbocycles. The van der Waals surface area contributed by atoms with Gasteiger partial charge in [0, 0.05) is 23.5 Å². The first-order valence-electron chi connectivity index (χ1n) is 12.4. The van der Waals surface area contributed by atoms with Gasteiger partial charge in [0.15, 0.2) is 5.82 Å². The number of nitrogens with one attached hydrogen (secondary N) is 1. The van der Waals surface area contributed by atoms with E-state index >= 15 is 0 Å². The summed E-state index contributed by atoms with van der Waals surface area (Å²) >= 11 is 0. The minimum absolute atomic E-state index is 0.0686.